The first-order valence-corrected chi connectivity index (χ1v) is 9.16. The SMILES string of the molecule is Cc1c(C)n2c3ccccc3nc2n1-c1c(-c2ccccc2)ccc[n+]1C. The Labute approximate surface area is 158 Å². The van der Waals surface area contributed by atoms with Crippen LogP contribution >= 0.6 is 0 Å². The first kappa shape index (κ1) is 15.8. The maximum absolute atomic E-state index is 4.96. The summed E-state index contributed by atoms with van der Waals surface area (Å²) in [6.07, 6.45) is 2.09. The highest BCUT2D eigenvalue weighted by Crippen LogP contribution is 2.30. The molecule has 0 bridgehead atoms. The van der Waals surface area contributed by atoms with Gasteiger partial charge >= 0.3 is 5.78 Å². The molecule has 5 aromatic rings. The van der Waals surface area contributed by atoms with Crippen molar-refractivity contribution in [3.05, 3.63) is 84.3 Å². The van der Waals surface area contributed by atoms with E-state index in [1.54, 1.807) is 0 Å². The summed E-state index contributed by atoms with van der Waals surface area (Å²) in [5.74, 6) is 2.07. The summed E-state index contributed by atoms with van der Waals surface area (Å²) in [6, 6.07) is 23.1. The van der Waals surface area contributed by atoms with Crippen molar-refractivity contribution in [2.75, 3.05) is 0 Å². The molecule has 132 valence electrons. The lowest BCUT2D eigenvalue weighted by Crippen LogP contribution is -2.34. The third-order valence-electron chi connectivity index (χ3n) is 5.38. The van der Waals surface area contributed by atoms with Crippen LogP contribution in [0, 0.1) is 13.8 Å². The Kier molecular flexibility index (Phi) is 3.41. The molecular weight excluding hydrogens is 332 g/mol. The van der Waals surface area contributed by atoms with E-state index in [1.165, 1.54) is 22.5 Å². The van der Waals surface area contributed by atoms with Crippen LogP contribution in [0.3, 0.4) is 0 Å². The number of benzene rings is 2. The summed E-state index contributed by atoms with van der Waals surface area (Å²) in [6.45, 7) is 4.33. The van der Waals surface area contributed by atoms with Gasteiger partial charge in [0.2, 0.25) is 0 Å². The third-order valence-corrected chi connectivity index (χ3v) is 5.38. The van der Waals surface area contributed by atoms with Gasteiger partial charge in [-0.05, 0) is 43.7 Å². The normalized spacial score (nSPS) is 11.5. The van der Waals surface area contributed by atoms with E-state index in [9.17, 15) is 0 Å². The van der Waals surface area contributed by atoms with Crippen LogP contribution in [0.15, 0.2) is 72.9 Å². The van der Waals surface area contributed by atoms with Gasteiger partial charge in [-0.3, -0.25) is 4.40 Å². The van der Waals surface area contributed by atoms with Crippen LogP contribution in [-0.4, -0.2) is 14.0 Å². The lowest BCUT2D eigenvalue weighted by molar-refractivity contribution is -0.665. The van der Waals surface area contributed by atoms with Crippen LogP contribution < -0.4 is 4.57 Å². The molecule has 0 radical (unpaired) electrons. The molecule has 0 aliphatic rings. The Balaban J connectivity index is 1.92. The van der Waals surface area contributed by atoms with Gasteiger partial charge in [-0.15, -0.1) is 0 Å². The minimum atomic E-state index is 0.949. The molecular formula is C23H21N4+. The van der Waals surface area contributed by atoms with E-state index in [0.29, 0.717) is 0 Å². The van der Waals surface area contributed by atoms with Gasteiger partial charge in [-0.2, -0.15) is 9.55 Å². The third kappa shape index (κ3) is 2.23. The first-order valence-electron chi connectivity index (χ1n) is 9.16. The van der Waals surface area contributed by atoms with Gasteiger partial charge in [0.05, 0.1) is 35.5 Å². The fraction of sp³-hybridized carbons (Fsp3) is 0.130. The second-order valence-electron chi connectivity index (χ2n) is 6.96. The van der Waals surface area contributed by atoms with Crippen molar-refractivity contribution in [3.63, 3.8) is 0 Å². The van der Waals surface area contributed by atoms with Crippen LogP contribution in [-0.2, 0) is 7.05 Å². The molecule has 2 aromatic carbocycles. The largest absolute Gasteiger partial charge is 0.312 e. The van der Waals surface area contributed by atoms with Crippen molar-refractivity contribution >= 4 is 16.8 Å². The molecule has 0 spiro atoms. The Hall–Kier alpha value is -3.40. The molecule has 0 aliphatic carbocycles. The van der Waals surface area contributed by atoms with Gasteiger partial charge in [-0.1, -0.05) is 42.5 Å². The number of aromatic nitrogens is 4. The van der Waals surface area contributed by atoms with Crippen LogP contribution in [0.2, 0.25) is 0 Å². The van der Waals surface area contributed by atoms with Crippen LogP contribution in [0.1, 0.15) is 11.4 Å². The predicted octanol–water partition coefficient (Wildman–Crippen LogP) is 4.39. The summed E-state index contributed by atoms with van der Waals surface area (Å²) in [5.41, 5.74) is 6.96. The number of aryl methyl sites for hydroxylation is 2. The molecule has 0 unspecified atom stereocenters. The standard InChI is InChI=1S/C23H21N4/c1-16-17(2)27(23-24-20-13-7-8-14-21(20)26(16)23)22-19(12-9-15-25(22)3)18-10-5-4-6-11-18/h4-15H,1-3H3/q+1. The fourth-order valence-corrected chi connectivity index (χ4v) is 3.95. The molecule has 0 N–H and O–H groups in total. The second kappa shape index (κ2) is 5.81. The van der Waals surface area contributed by atoms with E-state index >= 15 is 0 Å². The highest BCUT2D eigenvalue weighted by atomic mass is 15.3. The molecule has 0 saturated carbocycles. The molecule has 4 heteroatoms. The molecule has 0 atom stereocenters. The summed E-state index contributed by atoms with van der Waals surface area (Å²) in [5, 5.41) is 0. The zero-order chi connectivity index (χ0) is 18.5. The predicted molar refractivity (Wildman–Crippen MR) is 108 cm³/mol. The summed E-state index contributed by atoms with van der Waals surface area (Å²) in [4.78, 5) is 4.96. The molecule has 3 heterocycles. The molecule has 0 fully saturated rings. The monoisotopic (exact) mass is 353 g/mol. The van der Waals surface area contributed by atoms with Gasteiger partial charge in [0.15, 0.2) is 0 Å². The van der Waals surface area contributed by atoms with E-state index in [4.69, 9.17) is 4.98 Å². The number of hydrogen-bond acceptors (Lipinski definition) is 1. The maximum Gasteiger partial charge on any atom is 0.312 e. The van der Waals surface area contributed by atoms with Gasteiger partial charge in [0.1, 0.15) is 5.69 Å². The molecule has 0 amide bonds. The minimum Gasteiger partial charge on any atom is -0.259 e. The van der Waals surface area contributed by atoms with Gasteiger partial charge in [0.25, 0.3) is 5.82 Å². The van der Waals surface area contributed by atoms with Crippen molar-refractivity contribution in [2.45, 2.75) is 13.8 Å². The van der Waals surface area contributed by atoms with Crippen LogP contribution in [0.5, 0.6) is 0 Å². The average molecular weight is 353 g/mol. The van der Waals surface area contributed by atoms with Crippen molar-refractivity contribution in [2.24, 2.45) is 7.05 Å². The second-order valence-corrected chi connectivity index (χ2v) is 6.96. The van der Waals surface area contributed by atoms with E-state index < -0.39 is 0 Å². The van der Waals surface area contributed by atoms with Crippen molar-refractivity contribution in [1.29, 1.82) is 0 Å². The Morgan fingerprint density at radius 3 is 2.37 bits per heavy atom. The molecule has 0 saturated heterocycles. The number of pyridine rings is 1. The van der Waals surface area contributed by atoms with Gasteiger partial charge < -0.3 is 0 Å². The number of rotatable bonds is 2. The highest BCUT2D eigenvalue weighted by Gasteiger charge is 2.27. The van der Waals surface area contributed by atoms with E-state index in [2.05, 4.69) is 101 Å². The summed E-state index contributed by atoms with van der Waals surface area (Å²) in [7, 11) is 2.09. The number of nitrogens with zero attached hydrogens (tertiary/aromatic N) is 4. The fourth-order valence-electron chi connectivity index (χ4n) is 3.95. The average Bonchev–Trinajstić information content (AvgIpc) is 3.18. The number of fused-ring (bicyclic) bond motifs is 3. The topological polar surface area (TPSA) is 26.1 Å². The molecule has 5 rings (SSSR count). The lowest BCUT2D eigenvalue weighted by Gasteiger charge is -2.09. The zero-order valence-electron chi connectivity index (χ0n) is 15.7. The summed E-state index contributed by atoms with van der Waals surface area (Å²) < 4.78 is 6.71. The number of imidazole rings is 2. The molecule has 27 heavy (non-hydrogen) atoms. The van der Waals surface area contributed by atoms with Crippen molar-refractivity contribution < 1.29 is 4.57 Å². The van der Waals surface area contributed by atoms with Crippen molar-refractivity contribution in [1.82, 2.24) is 14.0 Å². The van der Waals surface area contributed by atoms with E-state index in [0.717, 1.165) is 22.6 Å². The Morgan fingerprint density at radius 1 is 0.815 bits per heavy atom. The van der Waals surface area contributed by atoms with E-state index in [-0.39, 0.29) is 0 Å². The van der Waals surface area contributed by atoms with Crippen LogP contribution in [0.4, 0.5) is 0 Å². The quantitative estimate of drug-likeness (QED) is 0.432. The summed E-state index contributed by atoms with van der Waals surface area (Å²) >= 11 is 0. The van der Waals surface area contributed by atoms with Crippen LogP contribution in [0.25, 0.3) is 33.8 Å². The minimum absolute atomic E-state index is 0.949. The van der Waals surface area contributed by atoms with Crippen molar-refractivity contribution in [3.8, 4) is 16.9 Å². The smallest absolute Gasteiger partial charge is 0.259 e. The lowest BCUT2D eigenvalue weighted by atomic mass is 10.1. The Morgan fingerprint density at radius 2 is 1.56 bits per heavy atom. The first-order chi connectivity index (χ1) is 13.2. The Bertz CT molecular complexity index is 1290. The molecule has 4 nitrogen and oxygen atoms in total. The number of hydrogen-bond donors (Lipinski definition) is 0. The highest BCUT2D eigenvalue weighted by molar-refractivity contribution is 5.81. The van der Waals surface area contributed by atoms with Gasteiger partial charge in [0, 0.05) is 0 Å². The molecule has 0 aliphatic heterocycles. The maximum atomic E-state index is 4.96. The zero-order valence-corrected chi connectivity index (χ0v) is 15.7. The number of para-hydroxylation sites is 2. The van der Waals surface area contributed by atoms with Gasteiger partial charge in [-0.25, -0.2) is 4.57 Å². The molecule has 3 aromatic heterocycles. The van der Waals surface area contributed by atoms with E-state index in [1.807, 2.05) is 6.07 Å².